The van der Waals surface area contributed by atoms with E-state index in [0.717, 1.165) is 0 Å². The fraction of sp³-hybridized carbons (Fsp3) is 0.353. The predicted octanol–water partition coefficient (Wildman–Crippen LogP) is 2.91. The van der Waals surface area contributed by atoms with E-state index < -0.39 is 26.5 Å². The molecule has 1 aromatic rings. The van der Waals surface area contributed by atoms with Crippen molar-refractivity contribution in [1.82, 2.24) is 0 Å². The van der Waals surface area contributed by atoms with E-state index in [1.807, 2.05) is 0 Å². The van der Waals surface area contributed by atoms with Crippen LogP contribution in [0.2, 0.25) is 0 Å². The van der Waals surface area contributed by atoms with Gasteiger partial charge in [-0.1, -0.05) is 42.5 Å². The highest BCUT2D eigenvalue weighted by molar-refractivity contribution is 7.93. The molecule has 0 heterocycles. The standard InChI is InChI=1S/C17H20O4S/c1-4-21-16(18)17(12-8-11-15(17)13(2)3)22(19,20)14-9-6-5-7-10-14/h5-11,15H,2,4,12H2,1,3H3. The number of sulfone groups is 1. The molecule has 0 amide bonds. The van der Waals surface area contributed by atoms with Gasteiger partial charge in [0.2, 0.25) is 0 Å². The van der Waals surface area contributed by atoms with E-state index >= 15 is 0 Å². The van der Waals surface area contributed by atoms with Crippen molar-refractivity contribution in [2.75, 3.05) is 6.61 Å². The third kappa shape index (κ3) is 2.39. The second-order valence-corrected chi connectivity index (χ2v) is 7.59. The molecular formula is C17H20O4S. The molecule has 0 aliphatic heterocycles. The summed E-state index contributed by atoms with van der Waals surface area (Å²) in [7, 11) is -3.91. The molecule has 2 atom stereocenters. The van der Waals surface area contributed by atoms with Crippen LogP contribution in [0.25, 0.3) is 0 Å². The Hall–Kier alpha value is -1.88. The van der Waals surface area contributed by atoms with E-state index in [2.05, 4.69) is 6.58 Å². The Morgan fingerprint density at radius 3 is 2.55 bits per heavy atom. The van der Waals surface area contributed by atoms with Gasteiger partial charge < -0.3 is 4.74 Å². The van der Waals surface area contributed by atoms with Crippen LogP contribution in [-0.2, 0) is 19.4 Å². The Morgan fingerprint density at radius 2 is 2.00 bits per heavy atom. The van der Waals surface area contributed by atoms with Gasteiger partial charge in [0, 0.05) is 5.92 Å². The largest absolute Gasteiger partial charge is 0.465 e. The van der Waals surface area contributed by atoms with E-state index in [0.29, 0.717) is 5.57 Å². The van der Waals surface area contributed by atoms with Crippen molar-refractivity contribution in [3.63, 3.8) is 0 Å². The van der Waals surface area contributed by atoms with Gasteiger partial charge in [0.25, 0.3) is 0 Å². The number of allylic oxidation sites excluding steroid dienone is 3. The molecule has 2 unspecified atom stereocenters. The van der Waals surface area contributed by atoms with Gasteiger partial charge in [-0.05, 0) is 32.4 Å². The molecule has 0 radical (unpaired) electrons. The van der Waals surface area contributed by atoms with Crippen molar-refractivity contribution in [3.8, 4) is 0 Å². The first-order valence-electron chi connectivity index (χ1n) is 7.17. The minimum absolute atomic E-state index is 0.0978. The zero-order valence-electron chi connectivity index (χ0n) is 12.8. The van der Waals surface area contributed by atoms with Crippen molar-refractivity contribution in [2.24, 2.45) is 5.92 Å². The van der Waals surface area contributed by atoms with Gasteiger partial charge in [-0.3, -0.25) is 4.79 Å². The third-order valence-electron chi connectivity index (χ3n) is 3.94. The monoisotopic (exact) mass is 320 g/mol. The van der Waals surface area contributed by atoms with Gasteiger partial charge in [0.1, 0.15) is 0 Å². The molecule has 118 valence electrons. The van der Waals surface area contributed by atoms with Crippen LogP contribution in [0.5, 0.6) is 0 Å². The number of hydrogen-bond acceptors (Lipinski definition) is 4. The Morgan fingerprint density at radius 1 is 1.36 bits per heavy atom. The van der Waals surface area contributed by atoms with Crippen LogP contribution in [-0.4, -0.2) is 25.7 Å². The highest BCUT2D eigenvalue weighted by atomic mass is 32.2. The number of carbonyl (C=O) groups is 1. The first kappa shape index (κ1) is 16.5. The number of benzene rings is 1. The lowest BCUT2D eigenvalue weighted by Gasteiger charge is -2.33. The number of carbonyl (C=O) groups excluding carboxylic acids is 1. The quantitative estimate of drug-likeness (QED) is 0.618. The van der Waals surface area contributed by atoms with Crippen molar-refractivity contribution in [1.29, 1.82) is 0 Å². The Kier molecular flexibility index (Phi) is 4.56. The van der Waals surface area contributed by atoms with Gasteiger partial charge >= 0.3 is 5.97 Å². The molecule has 0 bridgehead atoms. The molecule has 22 heavy (non-hydrogen) atoms. The van der Waals surface area contributed by atoms with Gasteiger partial charge in [-0.25, -0.2) is 8.42 Å². The van der Waals surface area contributed by atoms with E-state index in [1.165, 1.54) is 12.1 Å². The topological polar surface area (TPSA) is 60.4 Å². The molecule has 1 aliphatic rings. The number of ether oxygens (including phenoxy) is 1. The van der Waals surface area contributed by atoms with E-state index in [1.54, 1.807) is 44.2 Å². The molecule has 5 heteroatoms. The fourth-order valence-electron chi connectivity index (χ4n) is 2.88. The minimum Gasteiger partial charge on any atom is -0.465 e. The lowest BCUT2D eigenvalue weighted by molar-refractivity contribution is -0.146. The van der Waals surface area contributed by atoms with E-state index in [-0.39, 0.29) is 17.9 Å². The summed E-state index contributed by atoms with van der Waals surface area (Å²) >= 11 is 0. The molecule has 0 N–H and O–H groups in total. The average molecular weight is 320 g/mol. The summed E-state index contributed by atoms with van der Waals surface area (Å²) in [5, 5.41) is 0. The van der Waals surface area contributed by atoms with Crippen LogP contribution in [0, 0.1) is 5.92 Å². The second kappa shape index (κ2) is 6.08. The van der Waals surface area contributed by atoms with Crippen LogP contribution in [0.15, 0.2) is 59.5 Å². The van der Waals surface area contributed by atoms with E-state index in [4.69, 9.17) is 4.74 Å². The highest BCUT2D eigenvalue weighted by Gasteiger charge is 2.58. The number of hydrogen-bond donors (Lipinski definition) is 0. The second-order valence-electron chi connectivity index (χ2n) is 5.38. The summed E-state index contributed by atoms with van der Waals surface area (Å²) in [6.07, 6.45) is 3.55. The maximum Gasteiger partial charge on any atom is 0.329 e. The molecule has 1 aliphatic carbocycles. The number of esters is 1. The van der Waals surface area contributed by atoms with Crippen molar-refractivity contribution in [2.45, 2.75) is 29.9 Å². The molecular weight excluding hydrogens is 300 g/mol. The summed E-state index contributed by atoms with van der Waals surface area (Å²) in [6, 6.07) is 8.03. The zero-order valence-corrected chi connectivity index (χ0v) is 13.6. The summed E-state index contributed by atoms with van der Waals surface area (Å²) < 4.78 is 29.9. The first-order valence-corrected chi connectivity index (χ1v) is 8.65. The molecule has 0 aromatic heterocycles. The average Bonchev–Trinajstić information content (AvgIpc) is 2.95. The summed E-state index contributed by atoms with van der Waals surface area (Å²) in [5.74, 6) is -1.30. The smallest absolute Gasteiger partial charge is 0.329 e. The lowest BCUT2D eigenvalue weighted by atomic mass is 9.89. The predicted molar refractivity (Wildman–Crippen MR) is 85.1 cm³/mol. The molecule has 0 saturated carbocycles. The summed E-state index contributed by atoms with van der Waals surface area (Å²) in [6.45, 7) is 7.39. The van der Waals surface area contributed by atoms with Gasteiger partial charge in [0.05, 0.1) is 11.5 Å². The van der Waals surface area contributed by atoms with Gasteiger partial charge in [0.15, 0.2) is 14.6 Å². The molecule has 0 saturated heterocycles. The minimum atomic E-state index is -3.91. The normalized spacial score (nSPS) is 24.2. The maximum atomic E-state index is 13.2. The Balaban J connectivity index is 2.65. The van der Waals surface area contributed by atoms with Gasteiger partial charge in [-0.2, -0.15) is 0 Å². The van der Waals surface area contributed by atoms with Crippen LogP contribution in [0.1, 0.15) is 20.3 Å². The zero-order chi connectivity index (χ0) is 16.4. The summed E-state index contributed by atoms with van der Waals surface area (Å²) in [4.78, 5) is 12.7. The van der Waals surface area contributed by atoms with Crippen molar-refractivity contribution in [3.05, 3.63) is 54.6 Å². The van der Waals surface area contributed by atoms with Crippen molar-refractivity contribution >= 4 is 15.8 Å². The Bertz CT molecular complexity index is 703. The van der Waals surface area contributed by atoms with E-state index in [9.17, 15) is 13.2 Å². The van der Waals surface area contributed by atoms with Crippen molar-refractivity contribution < 1.29 is 17.9 Å². The van der Waals surface area contributed by atoms with Crippen LogP contribution < -0.4 is 0 Å². The molecule has 0 fully saturated rings. The highest BCUT2D eigenvalue weighted by Crippen LogP contribution is 2.44. The van der Waals surface area contributed by atoms with Gasteiger partial charge in [-0.15, -0.1) is 0 Å². The molecule has 1 aromatic carbocycles. The maximum absolute atomic E-state index is 13.2. The lowest BCUT2D eigenvalue weighted by Crippen LogP contribution is -2.51. The Labute approximate surface area is 131 Å². The van der Waals surface area contributed by atoms with Crippen LogP contribution >= 0.6 is 0 Å². The van der Waals surface area contributed by atoms with Crippen LogP contribution in [0.4, 0.5) is 0 Å². The SMILES string of the molecule is C=C(C)C1C=CCC1(C(=O)OCC)S(=O)(=O)c1ccccc1. The number of rotatable bonds is 5. The molecule has 4 nitrogen and oxygen atoms in total. The van der Waals surface area contributed by atoms with Crippen LogP contribution in [0.3, 0.4) is 0 Å². The third-order valence-corrected chi connectivity index (χ3v) is 6.38. The first-order chi connectivity index (χ1) is 10.4. The summed E-state index contributed by atoms with van der Waals surface area (Å²) in [5.41, 5.74) is 0.626. The molecule has 2 rings (SSSR count). The fourth-order valence-corrected chi connectivity index (χ4v) is 5.03. The molecule has 0 spiro atoms.